The van der Waals surface area contributed by atoms with Gasteiger partial charge in [-0.3, -0.25) is 0 Å². The lowest BCUT2D eigenvalue weighted by Crippen LogP contribution is -2.27. The van der Waals surface area contributed by atoms with Crippen molar-refractivity contribution in [2.24, 2.45) is 0 Å². The molecule has 0 aromatic heterocycles. The minimum absolute atomic E-state index is 0.231. The highest BCUT2D eigenvalue weighted by atomic mass is 32.2. The zero-order valence-electron chi connectivity index (χ0n) is 18.3. The first-order valence-corrected chi connectivity index (χ1v) is 12.0. The Balaban J connectivity index is 1.46. The van der Waals surface area contributed by atoms with E-state index in [9.17, 15) is 14.3 Å². The van der Waals surface area contributed by atoms with Gasteiger partial charge in [-0.1, -0.05) is 66.7 Å². The fourth-order valence-electron chi connectivity index (χ4n) is 3.89. The van der Waals surface area contributed by atoms with Crippen LogP contribution in [0.5, 0.6) is 0 Å². The number of thioether (sulfide) groups is 1. The first-order valence-electron chi connectivity index (χ1n) is 11.0. The Morgan fingerprint density at radius 2 is 1.70 bits per heavy atom. The maximum atomic E-state index is 13.1. The van der Waals surface area contributed by atoms with Gasteiger partial charge in [0.05, 0.1) is 10.6 Å². The second-order valence-corrected chi connectivity index (χ2v) is 9.04. The Morgan fingerprint density at radius 1 is 0.939 bits per heavy atom. The smallest absolute Gasteiger partial charge is 0.338 e. The largest absolute Gasteiger partial charge is 0.478 e. The van der Waals surface area contributed by atoms with Crippen LogP contribution in [0, 0.1) is 5.82 Å². The van der Waals surface area contributed by atoms with Crippen molar-refractivity contribution in [2.45, 2.75) is 19.4 Å². The van der Waals surface area contributed by atoms with Crippen LogP contribution in [0.4, 0.5) is 4.39 Å². The van der Waals surface area contributed by atoms with Crippen LogP contribution in [-0.2, 0) is 17.8 Å². The molecular weight excluding hydrogens is 433 g/mol. The molecule has 0 spiro atoms. The van der Waals surface area contributed by atoms with Crippen molar-refractivity contribution in [3.05, 3.63) is 119 Å². The topological polar surface area (TPSA) is 40.5 Å². The van der Waals surface area contributed by atoms with Crippen LogP contribution in [0.25, 0.3) is 11.1 Å². The molecule has 0 bridgehead atoms. The van der Waals surface area contributed by atoms with Gasteiger partial charge in [0.15, 0.2) is 0 Å². The molecule has 1 heterocycles. The van der Waals surface area contributed by atoms with Crippen LogP contribution in [0.2, 0.25) is 0 Å². The van der Waals surface area contributed by atoms with E-state index in [0.717, 1.165) is 45.9 Å². The van der Waals surface area contributed by atoms with E-state index in [4.69, 9.17) is 0 Å². The number of aliphatic carboxylic acids is 1. The first kappa shape index (κ1) is 22.9. The van der Waals surface area contributed by atoms with E-state index in [1.807, 2.05) is 24.3 Å². The van der Waals surface area contributed by atoms with Crippen LogP contribution >= 0.6 is 11.8 Å². The third-order valence-corrected chi connectivity index (χ3v) is 6.77. The highest BCUT2D eigenvalue weighted by Gasteiger charge is 2.21. The van der Waals surface area contributed by atoms with Crippen LogP contribution in [0.15, 0.2) is 102 Å². The lowest BCUT2D eigenvalue weighted by atomic mass is 10.0. The monoisotopic (exact) mass is 459 g/mol. The maximum absolute atomic E-state index is 13.1. The second kappa shape index (κ2) is 11.0. The van der Waals surface area contributed by atoms with E-state index in [1.165, 1.54) is 12.1 Å². The zero-order valence-corrected chi connectivity index (χ0v) is 19.1. The average molecular weight is 460 g/mol. The molecule has 1 aliphatic rings. The van der Waals surface area contributed by atoms with Gasteiger partial charge in [0.1, 0.15) is 5.82 Å². The number of carbonyl (C=O) groups is 1. The molecule has 3 aromatic rings. The van der Waals surface area contributed by atoms with Crippen LogP contribution in [0.1, 0.15) is 17.5 Å². The van der Waals surface area contributed by atoms with Crippen molar-refractivity contribution in [1.29, 1.82) is 0 Å². The third kappa shape index (κ3) is 6.14. The summed E-state index contributed by atoms with van der Waals surface area (Å²) in [7, 11) is 0. The lowest BCUT2D eigenvalue weighted by molar-refractivity contribution is -0.132. The van der Waals surface area contributed by atoms with Gasteiger partial charge < -0.3 is 10.0 Å². The molecule has 0 amide bonds. The molecule has 1 N–H and O–H groups in total. The van der Waals surface area contributed by atoms with E-state index in [0.29, 0.717) is 18.7 Å². The molecular formula is C28H26FNO2S. The van der Waals surface area contributed by atoms with E-state index < -0.39 is 5.97 Å². The van der Waals surface area contributed by atoms with Gasteiger partial charge in [-0.2, -0.15) is 0 Å². The number of nitrogens with zero attached hydrogens (tertiary/aromatic N) is 1. The standard InChI is InChI=1S/C28H26FNO2S/c29-25-15-13-21(14-16-25)8-6-18-33-27-26(28(31)32)12-5-17-30(27)20-22-7-4-11-24(19-22)23-9-2-1-3-10-23/h1-5,7,9-16,19H,6,8,17-18,20H2,(H,31,32). The zero-order chi connectivity index (χ0) is 23.0. The van der Waals surface area contributed by atoms with E-state index in [2.05, 4.69) is 41.3 Å². The van der Waals surface area contributed by atoms with Gasteiger partial charge in [0, 0.05) is 13.1 Å². The van der Waals surface area contributed by atoms with E-state index in [1.54, 1.807) is 30.0 Å². The van der Waals surface area contributed by atoms with Crippen molar-refractivity contribution >= 4 is 17.7 Å². The summed E-state index contributed by atoms with van der Waals surface area (Å²) in [5.41, 5.74) is 4.88. The summed E-state index contributed by atoms with van der Waals surface area (Å²) >= 11 is 1.58. The van der Waals surface area contributed by atoms with Crippen molar-refractivity contribution < 1.29 is 14.3 Å². The number of hydrogen-bond donors (Lipinski definition) is 1. The summed E-state index contributed by atoms with van der Waals surface area (Å²) in [5, 5.41) is 10.6. The second-order valence-electron chi connectivity index (χ2n) is 7.95. The number of rotatable bonds is 9. The predicted octanol–water partition coefficient (Wildman–Crippen LogP) is 6.53. The van der Waals surface area contributed by atoms with Crippen molar-refractivity contribution in [2.75, 3.05) is 12.3 Å². The average Bonchev–Trinajstić information content (AvgIpc) is 2.84. The molecule has 0 aliphatic carbocycles. The Bertz CT molecular complexity index is 1160. The highest BCUT2D eigenvalue weighted by molar-refractivity contribution is 8.03. The van der Waals surface area contributed by atoms with Crippen molar-refractivity contribution in [1.82, 2.24) is 4.90 Å². The SMILES string of the molecule is O=C(O)C1=C(SCCCc2ccc(F)cc2)N(Cc2cccc(-c3ccccc3)c2)CC=C1. The van der Waals surface area contributed by atoms with Crippen molar-refractivity contribution in [3.8, 4) is 11.1 Å². The normalized spacial score (nSPS) is 13.4. The van der Waals surface area contributed by atoms with E-state index >= 15 is 0 Å². The number of halogens is 1. The molecule has 5 heteroatoms. The van der Waals surface area contributed by atoms with Gasteiger partial charge in [-0.05, 0) is 65.1 Å². The van der Waals surface area contributed by atoms with Crippen molar-refractivity contribution in [3.63, 3.8) is 0 Å². The fourth-order valence-corrected chi connectivity index (χ4v) is 5.00. The summed E-state index contributed by atoms with van der Waals surface area (Å²) in [6, 6.07) is 25.2. The number of benzene rings is 3. The molecule has 4 rings (SSSR count). The highest BCUT2D eigenvalue weighted by Crippen LogP contribution is 2.31. The summed E-state index contributed by atoms with van der Waals surface area (Å²) < 4.78 is 13.1. The number of aryl methyl sites for hydroxylation is 1. The Hall–Kier alpha value is -3.31. The summed E-state index contributed by atoms with van der Waals surface area (Å²) in [4.78, 5) is 14.0. The summed E-state index contributed by atoms with van der Waals surface area (Å²) in [5.74, 6) is -0.349. The minimum Gasteiger partial charge on any atom is -0.478 e. The van der Waals surface area contributed by atoms with Gasteiger partial charge in [0.2, 0.25) is 0 Å². The molecule has 168 valence electrons. The Labute approximate surface area is 198 Å². The number of carboxylic acid groups (broad SMARTS) is 1. The van der Waals surface area contributed by atoms with Gasteiger partial charge in [-0.25, -0.2) is 9.18 Å². The molecule has 3 aromatic carbocycles. The van der Waals surface area contributed by atoms with Gasteiger partial charge in [-0.15, -0.1) is 11.8 Å². The van der Waals surface area contributed by atoms with E-state index in [-0.39, 0.29) is 5.82 Å². The fraction of sp³-hybridized carbons (Fsp3) is 0.179. The van der Waals surface area contributed by atoms with Gasteiger partial charge >= 0.3 is 5.97 Å². The maximum Gasteiger partial charge on any atom is 0.338 e. The quantitative estimate of drug-likeness (QED) is 0.370. The summed E-state index contributed by atoms with van der Waals surface area (Å²) in [6.07, 6.45) is 5.33. The van der Waals surface area contributed by atoms with Crippen LogP contribution in [0.3, 0.4) is 0 Å². The molecule has 0 fully saturated rings. The Kier molecular flexibility index (Phi) is 7.63. The molecule has 3 nitrogen and oxygen atoms in total. The van der Waals surface area contributed by atoms with Gasteiger partial charge in [0.25, 0.3) is 0 Å². The number of carboxylic acids is 1. The number of hydrogen-bond acceptors (Lipinski definition) is 3. The van der Waals surface area contributed by atoms with Crippen LogP contribution < -0.4 is 0 Å². The molecule has 0 saturated heterocycles. The molecule has 1 aliphatic heterocycles. The summed E-state index contributed by atoms with van der Waals surface area (Å²) in [6.45, 7) is 1.31. The molecule has 33 heavy (non-hydrogen) atoms. The minimum atomic E-state index is -0.907. The third-order valence-electron chi connectivity index (χ3n) is 5.53. The lowest BCUT2D eigenvalue weighted by Gasteiger charge is -2.30. The molecule has 0 atom stereocenters. The molecule has 0 unspecified atom stereocenters. The molecule has 0 radical (unpaired) electrons. The molecule has 0 saturated carbocycles. The first-order chi connectivity index (χ1) is 16.1. The predicted molar refractivity (Wildman–Crippen MR) is 133 cm³/mol. The van der Waals surface area contributed by atoms with Crippen LogP contribution in [-0.4, -0.2) is 28.3 Å². The Morgan fingerprint density at radius 3 is 2.45 bits per heavy atom.